The van der Waals surface area contributed by atoms with E-state index in [-0.39, 0.29) is 12.4 Å². The Kier molecular flexibility index (Phi) is 4.12. The van der Waals surface area contributed by atoms with Crippen molar-refractivity contribution in [2.75, 3.05) is 18.0 Å². The summed E-state index contributed by atoms with van der Waals surface area (Å²) < 4.78 is 37.3. The summed E-state index contributed by atoms with van der Waals surface area (Å²) in [6.07, 6.45) is -4.23. The van der Waals surface area contributed by atoms with Crippen molar-refractivity contribution in [2.45, 2.75) is 20.0 Å². The minimum absolute atomic E-state index is 0.238. The lowest BCUT2D eigenvalue weighted by atomic mass is 10.4. The van der Waals surface area contributed by atoms with Crippen LogP contribution in [-0.4, -0.2) is 29.2 Å². The summed E-state index contributed by atoms with van der Waals surface area (Å²) in [5, 5.41) is 0. The highest BCUT2D eigenvalue weighted by molar-refractivity contribution is 9.10. The van der Waals surface area contributed by atoms with Gasteiger partial charge in [-0.3, -0.25) is 0 Å². The smallest absolute Gasteiger partial charge is 0.348 e. The van der Waals surface area contributed by atoms with Crippen LogP contribution in [0.15, 0.2) is 10.7 Å². The summed E-state index contributed by atoms with van der Waals surface area (Å²) in [5.41, 5.74) is 0. The zero-order chi connectivity index (χ0) is 12.3. The Morgan fingerprint density at radius 3 is 2.44 bits per heavy atom. The highest BCUT2D eigenvalue weighted by Gasteiger charge is 2.30. The number of hydrogen-bond donors (Lipinski definition) is 0. The van der Waals surface area contributed by atoms with Crippen LogP contribution in [0.1, 0.15) is 12.7 Å². The Labute approximate surface area is 99.8 Å². The second-order valence-corrected chi connectivity index (χ2v) is 4.04. The minimum Gasteiger partial charge on any atom is -0.348 e. The summed E-state index contributed by atoms with van der Waals surface area (Å²) in [6, 6.07) is 1.47. The molecule has 0 saturated heterocycles. The topological polar surface area (TPSA) is 29.0 Å². The number of aromatic nitrogens is 2. The van der Waals surface area contributed by atoms with Crippen molar-refractivity contribution in [2.24, 2.45) is 0 Å². The quantitative estimate of drug-likeness (QED) is 0.803. The lowest BCUT2D eigenvalue weighted by Gasteiger charge is -2.23. The third-order valence-electron chi connectivity index (χ3n) is 1.87. The van der Waals surface area contributed by atoms with Gasteiger partial charge in [-0.15, -0.1) is 0 Å². The molecule has 16 heavy (non-hydrogen) atoms. The SMILES string of the molecule is CCN(CC(F)(F)F)c1cc(Br)nc(C)n1. The van der Waals surface area contributed by atoms with Gasteiger partial charge in [0.2, 0.25) is 0 Å². The fourth-order valence-electron chi connectivity index (χ4n) is 1.25. The van der Waals surface area contributed by atoms with Gasteiger partial charge >= 0.3 is 6.18 Å². The van der Waals surface area contributed by atoms with E-state index in [0.29, 0.717) is 10.4 Å². The Hall–Kier alpha value is -0.850. The molecule has 0 N–H and O–H groups in total. The Morgan fingerprint density at radius 1 is 1.38 bits per heavy atom. The van der Waals surface area contributed by atoms with E-state index < -0.39 is 12.7 Å². The fraction of sp³-hybridized carbons (Fsp3) is 0.556. The van der Waals surface area contributed by atoms with Crippen LogP contribution in [0.2, 0.25) is 0 Å². The molecule has 1 rings (SSSR count). The van der Waals surface area contributed by atoms with Crippen molar-refractivity contribution in [3.8, 4) is 0 Å². The zero-order valence-corrected chi connectivity index (χ0v) is 10.4. The summed E-state index contributed by atoms with van der Waals surface area (Å²) in [5.74, 6) is 0.712. The van der Waals surface area contributed by atoms with E-state index in [2.05, 4.69) is 25.9 Å². The number of nitrogens with zero attached hydrogens (tertiary/aromatic N) is 3. The summed E-state index contributed by atoms with van der Waals surface area (Å²) in [6.45, 7) is 2.52. The van der Waals surface area contributed by atoms with Gasteiger partial charge in [-0.05, 0) is 29.8 Å². The maximum absolute atomic E-state index is 12.3. The number of halogens is 4. The average molecular weight is 298 g/mol. The maximum Gasteiger partial charge on any atom is 0.405 e. The van der Waals surface area contributed by atoms with Crippen LogP contribution in [0.25, 0.3) is 0 Å². The third kappa shape index (κ3) is 3.96. The second-order valence-electron chi connectivity index (χ2n) is 3.23. The van der Waals surface area contributed by atoms with Gasteiger partial charge in [0.05, 0.1) is 0 Å². The van der Waals surface area contributed by atoms with E-state index in [4.69, 9.17) is 0 Å². The molecule has 90 valence electrons. The summed E-state index contributed by atoms with van der Waals surface area (Å²) in [7, 11) is 0. The third-order valence-corrected chi connectivity index (χ3v) is 2.28. The number of alkyl halides is 3. The van der Waals surface area contributed by atoms with Crippen molar-refractivity contribution in [1.29, 1.82) is 0 Å². The number of anilines is 1. The number of aryl methyl sites for hydroxylation is 1. The van der Waals surface area contributed by atoms with E-state index >= 15 is 0 Å². The van der Waals surface area contributed by atoms with E-state index in [0.717, 1.165) is 4.90 Å². The predicted molar refractivity (Wildman–Crippen MR) is 58.4 cm³/mol. The van der Waals surface area contributed by atoms with Crippen LogP contribution in [0.5, 0.6) is 0 Å². The molecule has 0 radical (unpaired) electrons. The molecular weight excluding hydrogens is 287 g/mol. The van der Waals surface area contributed by atoms with E-state index in [1.807, 2.05) is 0 Å². The van der Waals surface area contributed by atoms with Crippen molar-refractivity contribution < 1.29 is 13.2 Å². The summed E-state index contributed by atoms with van der Waals surface area (Å²) in [4.78, 5) is 9.07. The lowest BCUT2D eigenvalue weighted by molar-refractivity contribution is -0.119. The molecule has 7 heteroatoms. The van der Waals surface area contributed by atoms with Crippen molar-refractivity contribution in [1.82, 2.24) is 9.97 Å². The lowest BCUT2D eigenvalue weighted by Crippen LogP contribution is -2.34. The van der Waals surface area contributed by atoms with Crippen LogP contribution in [0.4, 0.5) is 19.0 Å². The highest BCUT2D eigenvalue weighted by atomic mass is 79.9. The van der Waals surface area contributed by atoms with Gasteiger partial charge < -0.3 is 4.90 Å². The summed E-state index contributed by atoms with van der Waals surface area (Å²) >= 11 is 3.13. The first-order chi connectivity index (χ1) is 7.31. The van der Waals surface area contributed by atoms with Gasteiger partial charge in [0.15, 0.2) is 0 Å². The molecule has 0 bridgehead atoms. The molecule has 0 aliphatic carbocycles. The van der Waals surface area contributed by atoms with Crippen molar-refractivity contribution in [3.05, 3.63) is 16.5 Å². The monoisotopic (exact) mass is 297 g/mol. The molecule has 1 heterocycles. The van der Waals surface area contributed by atoms with Gasteiger partial charge in [-0.2, -0.15) is 13.2 Å². The molecule has 1 aromatic rings. The molecule has 1 aromatic heterocycles. The molecule has 0 atom stereocenters. The minimum atomic E-state index is -4.23. The molecule has 3 nitrogen and oxygen atoms in total. The van der Waals surface area contributed by atoms with Gasteiger partial charge in [-0.1, -0.05) is 0 Å². The van der Waals surface area contributed by atoms with Crippen LogP contribution in [-0.2, 0) is 0 Å². The first-order valence-corrected chi connectivity index (χ1v) is 5.44. The van der Waals surface area contributed by atoms with E-state index in [9.17, 15) is 13.2 Å². The largest absolute Gasteiger partial charge is 0.405 e. The molecule has 0 aromatic carbocycles. The van der Waals surface area contributed by atoms with Crippen molar-refractivity contribution in [3.63, 3.8) is 0 Å². The van der Waals surface area contributed by atoms with Crippen LogP contribution in [0.3, 0.4) is 0 Å². The molecule has 0 aliphatic rings. The normalized spacial score (nSPS) is 11.6. The average Bonchev–Trinajstić information content (AvgIpc) is 2.11. The fourth-order valence-corrected chi connectivity index (χ4v) is 1.71. The van der Waals surface area contributed by atoms with Crippen LogP contribution in [0, 0.1) is 6.92 Å². The molecular formula is C9H11BrF3N3. The van der Waals surface area contributed by atoms with Gasteiger partial charge in [0.1, 0.15) is 22.8 Å². The standard InChI is InChI=1S/C9H11BrF3N3/c1-3-16(5-9(11,12)13)8-4-7(10)14-6(2)15-8/h4H,3,5H2,1-2H3. The number of rotatable bonds is 3. The first-order valence-electron chi connectivity index (χ1n) is 4.64. The van der Waals surface area contributed by atoms with Gasteiger partial charge in [0.25, 0.3) is 0 Å². The Bertz CT molecular complexity index is 347. The molecule has 0 spiro atoms. The molecule has 0 fully saturated rings. The Morgan fingerprint density at radius 2 is 2.00 bits per heavy atom. The van der Waals surface area contributed by atoms with E-state index in [1.165, 1.54) is 6.07 Å². The first kappa shape index (κ1) is 13.2. The van der Waals surface area contributed by atoms with E-state index in [1.54, 1.807) is 13.8 Å². The molecule has 0 amide bonds. The molecule has 0 aliphatic heterocycles. The van der Waals surface area contributed by atoms with Crippen LogP contribution >= 0.6 is 15.9 Å². The van der Waals surface area contributed by atoms with Gasteiger partial charge in [-0.25, -0.2) is 9.97 Å². The highest BCUT2D eigenvalue weighted by Crippen LogP contribution is 2.22. The maximum atomic E-state index is 12.3. The molecule has 0 saturated carbocycles. The molecule has 0 unspecified atom stereocenters. The second kappa shape index (κ2) is 4.99. The van der Waals surface area contributed by atoms with Crippen molar-refractivity contribution >= 4 is 21.7 Å². The zero-order valence-electron chi connectivity index (χ0n) is 8.85. The number of hydrogen-bond acceptors (Lipinski definition) is 3. The predicted octanol–water partition coefficient (Wildman–Crippen LogP) is 2.94. The Balaban J connectivity index is 2.95. The van der Waals surface area contributed by atoms with Crippen LogP contribution < -0.4 is 4.90 Å². The van der Waals surface area contributed by atoms with Gasteiger partial charge in [0, 0.05) is 12.6 Å².